The Morgan fingerprint density at radius 3 is 2.83 bits per heavy atom. The summed E-state index contributed by atoms with van der Waals surface area (Å²) in [5.41, 5.74) is 0. The Labute approximate surface area is 78.4 Å². The average molecular weight is 194 g/mol. The predicted octanol–water partition coefficient (Wildman–Crippen LogP) is 1.01. The van der Waals surface area contributed by atoms with Gasteiger partial charge in [0, 0.05) is 26.0 Å². The Kier molecular flexibility index (Phi) is 7.20. The van der Waals surface area contributed by atoms with Gasteiger partial charge in [-0.1, -0.05) is 6.92 Å². The van der Waals surface area contributed by atoms with Crippen LogP contribution in [0.4, 0.5) is 0 Å². The van der Waals surface area contributed by atoms with Gasteiger partial charge in [0.05, 0.1) is 6.61 Å². The summed E-state index contributed by atoms with van der Waals surface area (Å²) in [5.74, 6) is 0.743. The highest BCUT2D eigenvalue weighted by molar-refractivity contribution is 6.18. The third-order valence-corrected chi connectivity index (χ3v) is 1.61. The van der Waals surface area contributed by atoms with E-state index in [0.717, 1.165) is 0 Å². The fourth-order valence-corrected chi connectivity index (χ4v) is 0.977. The summed E-state index contributed by atoms with van der Waals surface area (Å²) in [6, 6.07) is 0. The molecule has 0 aliphatic carbocycles. The molecular weight excluding hydrogens is 178 g/mol. The molecule has 0 fully saturated rings. The van der Waals surface area contributed by atoms with Gasteiger partial charge in [0.15, 0.2) is 0 Å². The van der Waals surface area contributed by atoms with Gasteiger partial charge in [0.2, 0.25) is 5.91 Å². The maximum Gasteiger partial charge on any atom is 0.221 e. The maximum absolute atomic E-state index is 10.9. The Bertz CT molecular complexity index is 130. The number of hydrogen-bond donors (Lipinski definition) is 1. The van der Waals surface area contributed by atoms with Gasteiger partial charge in [-0.25, -0.2) is 0 Å². The van der Waals surface area contributed by atoms with Crippen molar-refractivity contribution in [1.29, 1.82) is 0 Å². The highest BCUT2D eigenvalue weighted by Gasteiger charge is 2.03. The van der Waals surface area contributed by atoms with Crippen molar-refractivity contribution in [2.45, 2.75) is 13.3 Å². The molecule has 1 amide bonds. The minimum Gasteiger partial charge on any atom is -0.384 e. The fourth-order valence-electron chi connectivity index (χ4n) is 0.806. The number of alkyl halides is 1. The van der Waals surface area contributed by atoms with Crippen LogP contribution in [0.3, 0.4) is 0 Å². The first-order chi connectivity index (χ1) is 5.70. The van der Waals surface area contributed by atoms with Crippen LogP contribution in [-0.4, -0.2) is 32.0 Å². The van der Waals surface area contributed by atoms with Crippen LogP contribution in [0.2, 0.25) is 0 Å². The van der Waals surface area contributed by atoms with Crippen molar-refractivity contribution >= 4 is 17.5 Å². The van der Waals surface area contributed by atoms with E-state index in [4.69, 9.17) is 16.3 Å². The van der Waals surface area contributed by atoms with Crippen LogP contribution in [0.1, 0.15) is 13.3 Å². The highest BCUT2D eigenvalue weighted by Crippen LogP contribution is 1.92. The molecule has 1 atom stereocenters. The number of carbonyl (C=O) groups excluding carboxylic acids is 1. The third kappa shape index (κ3) is 6.43. The maximum atomic E-state index is 10.9. The largest absolute Gasteiger partial charge is 0.384 e. The quantitative estimate of drug-likeness (QED) is 0.640. The number of rotatable bonds is 6. The molecule has 0 radical (unpaired) electrons. The van der Waals surface area contributed by atoms with Gasteiger partial charge in [0.1, 0.15) is 0 Å². The molecule has 0 saturated carbocycles. The number of amides is 1. The second-order valence-corrected chi connectivity index (χ2v) is 3.18. The first-order valence-corrected chi connectivity index (χ1v) is 4.55. The van der Waals surface area contributed by atoms with Crippen molar-refractivity contribution in [3.05, 3.63) is 0 Å². The number of halogens is 1. The molecule has 0 heterocycles. The minimum atomic E-state index is 0.00736. The summed E-state index contributed by atoms with van der Waals surface area (Å²) < 4.78 is 4.92. The molecule has 0 aromatic carbocycles. The molecule has 0 rings (SSSR count). The predicted molar refractivity (Wildman–Crippen MR) is 49.4 cm³/mol. The Balaban J connectivity index is 3.33. The zero-order chi connectivity index (χ0) is 9.40. The summed E-state index contributed by atoms with van der Waals surface area (Å²) in [4.78, 5) is 10.9. The third-order valence-electron chi connectivity index (χ3n) is 1.42. The van der Waals surface area contributed by atoms with Crippen LogP contribution in [0, 0.1) is 5.92 Å². The molecule has 0 spiro atoms. The van der Waals surface area contributed by atoms with E-state index in [0.29, 0.717) is 31.4 Å². The summed E-state index contributed by atoms with van der Waals surface area (Å²) >= 11 is 5.39. The number of nitrogens with one attached hydrogen (secondary N) is 1. The van der Waals surface area contributed by atoms with Gasteiger partial charge in [-0.05, 0) is 5.92 Å². The van der Waals surface area contributed by atoms with Crippen LogP contribution in [-0.2, 0) is 9.53 Å². The zero-order valence-electron chi connectivity index (χ0n) is 7.60. The zero-order valence-corrected chi connectivity index (χ0v) is 8.36. The van der Waals surface area contributed by atoms with E-state index in [-0.39, 0.29) is 5.91 Å². The smallest absolute Gasteiger partial charge is 0.221 e. The van der Waals surface area contributed by atoms with Crippen LogP contribution in [0.15, 0.2) is 0 Å². The Hall–Kier alpha value is -0.280. The van der Waals surface area contributed by atoms with Crippen molar-refractivity contribution in [3.63, 3.8) is 0 Å². The van der Waals surface area contributed by atoms with Gasteiger partial charge < -0.3 is 10.1 Å². The number of ether oxygens (including phenoxy) is 1. The second-order valence-electron chi connectivity index (χ2n) is 2.80. The van der Waals surface area contributed by atoms with Crippen molar-refractivity contribution in [3.8, 4) is 0 Å². The van der Waals surface area contributed by atoms with Gasteiger partial charge in [-0.15, -0.1) is 11.6 Å². The van der Waals surface area contributed by atoms with E-state index in [1.54, 1.807) is 7.11 Å². The van der Waals surface area contributed by atoms with E-state index >= 15 is 0 Å². The van der Waals surface area contributed by atoms with Crippen LogP contribution < -0.4 is 5.32 Å². The molecule has 0 aliphatic rings. The molecule has 12 heavy (non-hydrogen) atoms. The average Bonchev–Trinajstić information content (AvgIpc) is 2.02. The summed E-state index contributed by atoms with van der Waals surface area (Å²) in [7, 11) is 1.65. The lowest BCUT2D eigenvalue weighted by molar-refractivity contribution is -0.120. The summed E-state index contributed by atoms with van der Waals surface area (Å²) in [6.45, 7) is 3.34. The molecule has 0 aliphatic heterocycles. The van der Waals surface area contributed by atoms with Crippen molar-refractivity contribution in [2.75, 3.05) is 26.1 Å². The number of hydrogen-bond acceptors (Lipinski definition) is 2. The van der Waals surface area contributed by atoms with E-state index < -0.39 is 0 Å². The van der Waals surface area contributed by atoms with E-state index in [1.807, 2.05) is 6.92 Å². The highest BCUT2D eigenvalue weighted by atomic mass is 35.5. The lowest BCUT2D eigenvalue weighted by Gasteiger charge is -2.10. The first kappa shape index (κ1) is 11.7. The molecule has 4 heteroatoms. The second kappa shape index (κ2) is 7.37. The molecule has 1 unspecified atom stereocenters. The monoisotopic (exact) mass is 193 g/mol. The summed E-state index contributed by atoms with van der Waals surface area (Å²) in [5, 5.41) is 2.76. The lowest BCUT2D eigenvalue weighted by atomic mass is 10.2. The SMILES string of the molecule is COCC(C)CNC(=O)CCCl. The van der Waals surface area contributed by atoms with Gasteiger partial charge in [0.25, 0.3) is 0 Å². The molecule has 1 N–H and O–H groups in total. The van der Waals surface area contributed by atoms with E-state index in [1.165, 1.54) is 0 Å². The van der Waals surface area contributed by atoms with Gasteiger partial charge >= 0.3 is 0 Å². The first-order valence-electron chi connectivity index (χ1n) is 4.02. The molecular formula is C8H16ClNO2. The lowest BCUT2D eigenvalue weighted by Crippen LogP contribution is -2.29. The van der Waals surface area contributed by atoms with Crippen molar-refractivity contribution in [1.82, 2.24) is 5.32 Å². The fraction of sp³-hybridized carbons (Fsp3) is 0.875. The molecule has 0 bridgehead atoms. The summed E-state index contributed by atoms with van der Waals surface area (Å²) in [6.07, 6.45) is 0.390. The standard InChI is InChI=1S/C8H16ClNO2/c1-7(6-12-2)5-10-8(11)3-4-9/h7H,3-6H2,1-2H3,(H,10,11). The molecule has 3 nitrogen and oxygen atoms in total. The normalized spacial score (nSPS) is 12.6. The number of carbonyl (C=O) groups is 1. The molecule has 0 aromatic heterocycles. The van der Waals surface area contributed by atoms with Crippen LogP contribution in [0.25, 0.3) is 0 Å². The van der Waals surface area contributed by atoms with E-state index in [9.17, 15) is 4.79 Å². The minimum absolute atomic E-state index is 0.00736. The Morgan fingerprint density at radius 1 is 1.67 bits per heavy atom. The molecule has 0 saturated heterocycles. The van der Waals surface area contributed by atoms with Crippen molar-refractivity contribution < 1.29 is 9.53 Å². The molecule has 0 aromatic rings. The Morgan fingerprint density at radius 2 is 2.33 bits per heavy atom. The van der Waals surface area contributed by atoms with Crippen LogP contribution >= 0.6 is 11.6 Å². The number of methoxy groups -OCH3 is 1. The van der Waals surface area contributed by atoms with E-state index in [2.05, 4.69) is 5.32 Å². The van der Waals surface area contributed by atoms with Crippen molar-refractivity contribution in [2.24, 2.45) is 5.92 Å². The van der Waals surface area contributed by atoms with Gasteiger partial charge in [-0.3, -0.25) is 4.79 Å². The van der Waals surface area contributed by atoms with Gasteiger partial charge in [-0.2, -0.15) is 0 Å². The molecule has 72 valence electrons. The van der Waals surface area contributed by atoms with Crippen LogP contribution in [0.5, 0.6) is 0 Å². The topological polar surface area (TPSA) is 38.3 Å².